The summed E-state index contributed by atoms with van der Waals surface area (Å²) in [5.41, 5.74) is 0.362. The summed E-state index contributed by atoms with van der Waals surface area (Å²) in [7, 11) is 0. The minimum atomic E-state index is -0.616. The zero-order valence-corrected chi connectivity index (χ0v) is 6.60. The standard InChI is InChI=1S/C8H7N4/c1-8(9-11-12-10-8)7-5-3-2-4-6-7/h3-6H,1H3. The molecule has 0 unspecified atom stereocenters. The first-order valence-corrected chi connectivity index (χ1v) is 3.62. The summed E-state index contributed by atoms with van der Waals surface area (Å²) in [6.07, 6.45) is 0. The van der Waals surface area contributed by atoms with Gasteiger partial charge in [0.1, 0.15) is 0 Å². The van der Waals surface area contributed by atoms with Crippen molar-refractivity contribution in [1.82, 2.24) is 0 Å². The van der Waals surface area contributed by atoms with E-state index >= 15 is 0 Å². The molecule has 0 amide bonds. The van der Waals surface area contributed by atoms with Crippen LogP contribution in [-0.4, -0.2) is 0 Å². The molecule has 4 heteroatoms. The first-order chi connectivity index (χ1) is 5.81. The van der Waals surface area contributed by atoms with E-state index in [1.807, 2.05) is 31.2 Å². The Balaban J connectivity index is 2.43. The normalized spacial score (nSPS) is 18.4. The smallest absolute Gasteiger partial charge is 0.130 e. The van der Waals surface area contributed by atoms with Crippen LogP contribution in [0, 0.1) is 6.07 Å². The predicted octanol–water partition coefficient (Wildman–Crippen LogP) is 2.49. The van der Waals surface area contributed by atoms with E-state index in [4.69, 9.17) is 0 Å². The molecule has 2 rings (SSSR count). The monoisotopic (exact) mass is 159 g/mol. The Kier molecular flexibility index (Phi) is 1.46. The minimum absolute atomic E-state index is 0.616. The molecule has 0 bridgehead atoms. The van der Waals surface area contributed by atoms with Gasteiger partial charge in [0.05, 0.1) is 0 Å². The lowest BCUT2D eigenvalue weighted by molar-refractivity contribution is 0.519. The maximum absolute atomic E-state index is 3.92. The SMILES string of the molecule is CC1(c2cc[c]cc2)N=NN=N1. The summed E-state index contributed by atoms with van der Waals surface area (Å²) in [5.74, 6) is 0. The van der Waals surface area contributed by atoms with Gasteiger partial charge in [-0.1, -0.05) is 24.3 Å². The van der Waals surface area contributed by atoms with E-state index in [-0.39, 0.29) is 0 Å². The number of benzene rings is 1. The second-order valence-corrected chi connectivity index (χ2v) is 2.69. The van der Waals surface area contributed by atoms with Crippen molar-refractivity contribution in [1.29, 1.82) is 0 Å². The molecule has 0 spiro atoms. The Morgan fingerprint density at radius 3 is 2.33 bits per heavy atom. The Morgan fingerprint density at radius 1 is 1.17 bits per heavy atom. The molecule has 1 heterocycles. The summed E-state index contributed by atoms with van der Waals surface area (Å²) in [4.78, 5) is 0. The van der Waals surface area contributed by atoms with Gasteiger partial charge in [-0.15, -0.1) is 10.2 Å². The predicted molar refractivity (Wildman–Crippen MR) is 42.3 cm³/mol. The molecular weight excluding hydrogens is 152 g/mol. The van der Waals surface area contributed by atoms with Gasteiger partial charge in [-0.3, -0.25) is 0 Å². The van der Waals surface area contributed by atoms with Crippen molar-refractivity contribution in [2.24, 2.45) is 20.7 Å². The van der Waals surface area contributed by atoms with E-state index < -0.39 is 5.66 Å². The number of nitrogens with zero attached hydrogens (tertiary/aromatic N) is 4. The fourth-order valence-electron chi connectivity index (χ4n) is 1.05. The van der Waals surface area contributed by atoms with E-state index in [1.54, 1.807) is 0 Å². The Morgan fingerprint density at radius 2 is 1.75 bits per heavy atom. The van der Waals surface area contributed by atoms with E-state index in [9.17, 15) is 0 Å². The van der Waals surface area contributed by atoms with E-state index in [0.717, 1.165) is 5.56 Å². The Hall–Kier alpha value is -1.58. The third-order valence-corrected chi connectivity index (χ3v) is 1.78. The lowest BCUT2D eigenvalue weighted by Crippen LogP contribution is -2.12. The molecule has 0 saturated carbocycles. The number of rotatable bonds is 1. The molecule has 1 aromatic rings. The fourth-order valence-corrected chi connectivity index (χ4v) is 1.05. The number of hydrogen-bond acceptors (Lipinski definition) is 4. The van der Waals surface area contributed by atoms with Crippen molar-refractivity contribution in [3.8, 4) is 0 Å². The van der Waals surface area contributed by atoms with Gasteiger partial charge in [0.15, 0.2) is 0 Å². The largest absolute Gasteiger partial charge is 0.217 e. The molecule has 0 aliphatic carbocycles. The lowest BCUT2D eigenvalue weighted by atomic mass is 10.0. The van der Waals surface area contributed by atoms with Crippen molar-refractivity contribution in [2.45, 2.75) is 12.6 Å². The maximum atomic E-state index is 3.92. The highest BCUT2D eigenvalue weighted by molar-refractivity contribution is 5.22. The molecule has 1 aliphatic rings. The van der Waals surface area contributed by atoms with E-state index in [1.165, 1.54) is 0 Å². The average molecular weight is 159 g/mol. The molecule has 59 valence electrons. The molecule has 0 fully saturated rings. The third kappa shape index (κ3) is 1.01. The summed E-state index contributed by atoms with van der Waals surface area (Å²) in [6.45, 7) is 1.86. The van der Waals surface area contributed by atoms with Gasteiger partial charge in [-0.25, -0.2) is 0 Å². The van der Waals surface area contributed by atoms with Crippen LogP contribution in [0.4, 0.5) is 0 Å². The van der Waals surface area contributed by atoms with Crippen molar-refractivity contribution >= 4 is 0 Å². The molecule has 1 aromatic carbocycles. The molecule has 0 N–H and O–H groups in total. The van der Waals surface area contributed by atoms with Gasteiger partial charge >= 0.3 is 0 Å². The minimum Gasteiger partial charge on any atom is -0.130 e. The Bertz CT molecular complexity index is 316. The van der Waals surface area contributed by atoms with Crippen molar-refractivity contribution < 1.29 is 0 Å². The zero-order valence-electron chi connectivity index (χ0n) is 6.60. The second-order valence-electron chi connectivity index (χ2n) is 2.69. The van der Waals surface area contributed by atoms with Gasteiger partial charge < -0.3 is 0 Å². The summed E-state index contributed by atoms with van der Waals surface area (Å²) in [6, 6.07) is 10.4. The average Bonchev–Trinajstić information content (AvgIpc) is 2.55. The third-order valence-electron chi connectivity index (χ3n) is 1.78. The van der Waals surface area contributed by atoms with Crippen LogP contribution in [-0.2, 0) is 5.66 Å². The van der Waals surface area contributed by atoms with Crippen LogP contribution in [0.5, 0.6) is 0 Å². The van der Waals surface area contributed by atoms with Gasteiger partial charge in [0.2, 0.25) is 5.66 Å². The molecule has 12 heavy (non-hydrogen) atoms. The molecule has 1 aliphatic heterocycles. The van der Waals surface area contributed by atoms with Gasteiger partial charge in [-0.2, -0.15) is 0 Å². The topological polar surface area (TPSA) is 49.4 Å². The van der Waals surface area contributed by atoms with Crippen molar-refractivity contribution in [2.75, 3.05) is 0 Å². The van der Waals surface area contributed by atoms with Crippen molar-refractivity contribution in [3.05, 3.63) is 35.9 Å². The molecule has 0 aromatic heterocycles. The van der Waals surface area contributed by atoms with Gasteiger partial charge in [0.25, 0.3) is 0 Å². The fraction of sp³-hybridized carbons (Fsp3) is 0.250. The molecule has 0 saturated heterocycles. The van der Waals surface area contributed by atoms with Crippen LogP contribution in [0.15, 0.2) is 44.9 Å². The van der Waals surface area contributed by atoms with E-state index in [2.05, 4.69) is 26.7 Å². The first kappa shape index (κ1) is 7.09. The molecule has 4 nitrogen and oxygen atoms in total. The highest BCUT2D eigenvalue weighted by Gasteiger charge is 2.28. The van der Waals surface area contributed by atoms with Crippen LogP contribution in [0.25, 0.3) is 0 Å². The Labute approximate surface area is 70.0 Å². The van der Waals surface area contributed by atoms with Gasteiger partial charge in [0, 0.05) is 5.56 Å². The van der Waals surface area contributed by atoms with Crippen LogP contribution in [0.1, 0.15) is 12.5 Å². The summed E-state index contributed by atoms with van der Waals surface area (Å²) >= 11 is 0. The van der Waals surface area contributed by atoms with E-state index in [0.29, 0.717) is 0 Å². The summed E-state index contributed by atoms with van der Waals surface area (Å²) < 4.78 is 0. The van der Waals surface area contributed by atoms with Crippen LogP contribution in [0.2, 0.25) is 0 Å². The van der Waals surface area contributed by atoms with Crippen molar-refractivity contribution in [3.63, 3.8) is 0 Å². The molecule has 1 radical (unpaired) electrons. The number of hydrogen-bond donors (Lipinski definition) is 0. The maximum Gasteiger partial charge on any atom is 0.217 e. The lowest BCUT2D eigenvalue weighted by Gasteiger charge is -2.12. The van der Waals surface area contributed by atoms with Crippen LogP contribution in [0.3, 0.4) is 0 Å². The highest BCUT2D eigenvalue weighted by Crippen LogP contribution is 2.30. The molecule has 0 atom stereocenters. The van der Waals surface area contributed by atoms with Crippen LogP contribution < -0.4 is 0 Å². The summed E-state index contributed by atoms with van der Waals surface area (Å²) in [5, 5.41) is 14.8. The first-order valence-electron chi connectivity index (χ1n) is 3.62. The quantitative estimate of drug-likeness (QED) is 0.604. The zero-order chi connectivity index (χ0) is 8.44. The molecular formula is C8H7N4. The van der Waals surface area contributed by atoms with Crippen LogP contribution >= 0.6 is 0 Å². The van der Waals surface area contributed by atoms with Gasteiger partial charge in [-0.05, 0) is 23.4 Å². The highest BCUT2D eigenvalue weighted by atomic mass is 15.6. The second kappa shape index (κ2) is 2.48.